The number of hydrogen-bond donors (Lipinski definition) is 1. The first-order chi connectivity index (χ1) is 7.19. The van der Waals surface area contributed by atoms with E-state index in [1.165, 1.54) is 12.8 Å². The van der Waals surface area contributed by atoms with Crippen LogP contribution in [0.25, 0.3) is 0 Å². The molecule has 90 valence electrons. The van der Waals surface area contributed by atoms with Crippen LogP contribution in [-0.4, -0.2) is 21.3 Å². The molecule has 4 unspecified atom stereocenters. The van der Waals surface area contributed by atoms with Crippen LogP contribution in [0.1, 0.15) is 52.4 Å². The maximum atomic E-state index is 12.3. The second-order valence-corrected chi connectivity index (χ2v) is 6.82. The molecule has 0 aliphatic heterocycles. The summed E-state index contributed by atoms with van der Waals surface area (Å²) in [5, 5.41) is 0.788. The Bertz CT molecular complexity index is 208. The number of rotatable bonds is 5. The van der Waals surface area contributed by atoms with E-state index in [-0.39, 0.29) is 0 Å². The molecular weight excluding hydrogens is 206 g/mol. The average molecular weight is 231 g/mol. The van der Waals surface area contributed by atoms with Gasteiger partial charge in [-0.3, -0.25) is 4.21 Å². The molecule has 0 aromatic rings. The third-order valence-corrected chi connectivity index (χ3v) is 5.80. The highest BCUT2D eigenvalue weighted by molar-refractivity contribution is 7.86. The lowest BCUT2D eigenvalue weighted by Crippen LogP contribution is -2.31. The van der Waals surface area contributed by atoms with Crippen molar-refractivity contribution in [2.24, 2.45) is 11.7 Å². The van der Waals surface area contributed by atoms with Crippen molar-refractivity contribution in [2.75, 3.05) is 6.54 Å². The van der Waals surface area contributed by atoms with Crippen LogP contribution in [0.5, 0.6) is 0 Å². The third-order valence-electron chi connectivity index (χ3n) is 3.49. The minimum absolute atomic E-state index is 0.338. The Morgan fingerprint density at radius 1 is 1.47 bits per heavy atom. The summed E-state index contributed by atoms with van der Waals surface area (Å²) >= 11 is 0. The molecule has 1 saturated carbocycles. The molecule has 3 heteroatoms. The van der Waals surface area contributed by atoms with Crippen molar-refractivity contribution in [1.29, 1.82) is 0 Å². The fraction of sp³-hybridized carbons (Fsp3) is 1.00. The van der Waals surface area contributed by atoms with E-state index in [4.69, 9.17) is 5.73 Å². The summed E-state index contributed by atoms with van der Waals surface area (Å²) in [5.41, 5.74) is 5.57. The zero-order valence-electron chi connectivity index (χ0n) is 10.1. The van der Waals surface area contributed by atoms with E-state index >= 15 is 0 Å². The summed E-state index contributed by atoms with van der Waals surface area (Å²) in [6.45, 7) is 5.09. The van der Waals surface area contributed by atoms with E-state index in [1.54, 1.807) is 0 Å². The Hall–Kier alpha value is 0.110. The van der Waals surface area contributed by atoms with Gasteiger partial charge in [0, 0.05) is 21.3 Å². The van der Waals surface area contributed by atoms with Gasteiger partial charge in [0.25, 0.3) is 0 Å². The van der Waals surface area contributed by atoms with Gasteiger partial charge in [-0.1, -0.05) is 26.7 Å². The van der Waals surface area contributed by atoms with Gasteiger partial charge in [-0.2, -0.15) is 0 Å². The van der Waals surface area contributed by atoms with Gasteiger partial charge in [-0.15, -0.1) is 0 Å². The molecule has 0 amide bonds. The van der Waals surface area contributed by atoms with Crippen LogP contribution < -0.4 is 5.73 Å². The summed E-state index contributed by atoms with van der Waals surface area (Å²) in [6.07, 6.45) is 6.84. The molecule has 15 heavy (non-hydrogen) atoms. The zero-order valence-corrected chi connectivity index (χ0v) is 10.9. The van der Waals surface area contributed by atoms with Crippen LogP contribution >= 0.6 is 0 Å². The fourth-order valence-electron chi connectivity index (χ4n) is 2.53. The Labute approximate surface area is 96.5 Å². The van der Waals surface area contributed by atoms with Gasteiger partial charge in [0.15, 0.2) is 0 Å². The van der Waals surface area contributed by atoms with E-state index in [2.05, 4.69) is 13.8 Å². The monoisotopic (exact) mass is 231 g/mol. The number of nitrogens with two attached hydrogens (primary N) is 1. The zero-order chi connectivity index (χ0) is 11.3. The molecule has 2 nitrogen and oxygen atoms in total. The lowest BCUT2D eigenvalue weighted by atomic mass is 9.91. The smallest absolute Gasteiger partial charge is 0.0360 e. The Kier molecular flexibility index (Phi) is 5.83. The van der Waals surface area contributed by atoms with Crippen molar-refractivity contribution < 1.29 is 4.21 Å². The van der Waals surface area contributed by atoms with Crippen molar-refractivity contribution in [3.05, 3.63) is 0 Å². The normalized spacial score (nSPS) is 31.1. The summed E-state index contributed by atoms with van der Waals surface area (Å²) in [5.74, 6) is 0.767. The first-order valence-corrected chi connectivity index (χ1v) is 7.56. The van der Waals surface area contributed by atoms with Gasteiger partial charge in [0.1, 0.15) is 0 Å². The summed E-state index contributed by atoms with van der Waals surface area (Å²) in [4.78, 5) is 0. The maximum Gasteiger partial charge on any atom is 0.0360 e. The molecule has 1 fully saturated rings. The predicted octanol–water partition coefficient (Wildman–Crippen LogP) is 2.44. The van der Waals surface area contributed by atoms with Crippen LogP contribution in [0, 0.1) is 5.92 Å². The van der Waals surface area contributed by atoms with Crippen molar-refractivity contribution in [2.45, 2.75) is 62.9 Å². The highest BCUT2D eigenvalue weighted by Gasteiger charge is 2.27. The molecule has 0 bridgehead atoms. The van der Waals surface area contributed by atoms with Gasteiger partial charge in [-0.05, 0) is 38.1 Å². The highest BCUT2D eigenvalue weighted by atomic mass is 32.2. The van der Waals surface area contributed by atoms with Crippen LogP contribution in [0.4, 0.5) is 0 Å². The van der Waals surface area contributed by atoms with E-state index < -0.39 is 10.8 Å². The minimum Gasteiger partial charge on any atom is -0.330 e. The Morgan fingerprint density at radius 2 is 2.20 bits per heavy atom. The minimum atomic E-state index is -0.645. The van der Waals surface area contributed by atoms with Crippen molar-refractivity contribution >= 4 is 10.8 Å². The van der Waals surface area contributed by atoms with Gasteiger partial charge < -0.3 is 5.73 Å². The Balaban J connectivity index is 2.49. The van der Waals surface area contributed by atoms with Gasteiger partial charge in [0.05, 0.1) is 0 Å². The van der Waals surface area contributed by atoms with E-state index in [9.17, 15) is 4.21 Å². The Morgan fingerprint density at radius 3 is 2.73 bits per heavy atom. The van der Waals surface area contributed by atoms with E-state index in [0.717, 1.165) is 31.6 Å². The van der Waals surface area contributed by atoms with Crippen molar-refractivity contribution in [3.63, 3.8) is 0 Å². The highest BCUT2D eigenvalue weighted by Crippen LogP contribution is 2.29. The van der Waals surface area contributed by atoms with Crippen LogP contribution in [-0.2, 0) is 10.8 Å². The molecule has 1 aliphatic carbocycles. The molecule has 0 aromatic heterocycles. The quantitative estimate of drug-likeness (QED) is 0.790. The van der Waals surface area contributed by atoms with Crippen molar-refractivity contribution in [3.8, 4) is 0 Å². The van der Waals surface area contributed by atoms with Gasteiger partial charge in [0.2, 0.25) is 0 Å². The van der Waals surface area contributed by atoms with Gasteiger partial charge >= 0.3 is 0 Å². The fourth-order valence-corrected chi connectivity index (χ4v) is 4.69. The van der Waals surface area contributed by atoms with Crippen LogP contribution in [0.2, 0.25) is 0 Å². The molecule has 0 heterocycles. The molecule has 0 radical (unpaired) electrons. The lowest BCUT2D eigenvalue weighted by Gasteiger charge is -2.29. The second-order valence-electron chi connectivity index (χ2n) is 4.83. The first-order valence-electron chi connectivity index (χ1n) is 6.28. The molecule has 4 atom stereocenters. The molecule has 0 spiro atoms. The SMILES string of the molecule is CCC(CCN)S(=O)C1CCCC(C)C1. The molecule has 2 N–H and O–H groups in total. The van der Waals surface area contributed by atoms with Crippen molar-refractivity contribution in [1.82, 2.24) is 0 Å². The molecule has 1 aliphatic rings. The second kappa shape index (κ2) is 6.64. The summed E-state index contributed by atoms with van der Waals surface area (Å²) < 4.78 is 12.3. The molecule has 0 saturated heterocycles. The third kappa shape index (κ3) is 3.87. The molecular formula is C12H25NOS. The predicted molar refractivity (Wildman–Crippen MR) is 67.3 cm³/mol. The van der Waals surface area contributed by atoms with Gasteiger partial charge in [-0.25, -0.2) is 0 Å². The number of hydrogen-bond acceptors (Lipinski definition) is 2. The molecule has 1 rings (SSSR count). The van der Waals surface area contributed by atoms with Crippen LogP contribution in [0.15, 0.2) is 0 Å². The summed E-state index contributed by atoms with van der Waals surface area (Å²) in [7, 11) is -0.645. The van der Waals surface area contributed by atoms with E-state index in [1.807, 2.05) is 0 Å². The van der Waals surface area contributed by atoms with E-state index in [0.29, 0.717) is 17.0 Å². The topological polar surface area (TPSA) is 43.1 Å². The molecule has 0 aromatic carbocycles. The maximum absolute atomic E-state index is 12.3. The standard InChI is InChI=1S/C12H25NOS/c1-3-11(7-8-13)15(14)12-6-4-5-10(2)9-12/h10-12H,3-9,13H2,1-2H3. The van der Waals surface area contributed by atoms with Crippen LogP contribution in [0.3, 0.4) is 0 Å². The lowest BCUT2D eigenvalue weighted by molar-refractivity contribution is 0.387. The average Bonchev–Trinajstić information content (AvgIpc) is 2.25. The summed E-state index contributed by atoms with van der Waals surface area (Å²) in [6, 6.07) is 0. The largest absolute Gasteiger partial charge is 0.330 e. The first kappa shape index (κ1) is 13.2.